The number of hydrogen-bond donors (Lipinski definition) is 0. The van der Waals surface area contributed by atoms with E-state index in [2.05, 4.69) is 0 Å². The first kappa shape index (κ1) is 33.4. The molecule has 0 aliphatic rings. The summed E-state index contributed by atoms with van der Waals surface area (Å²) < 4.78 is 113. The molecule has 0 radical (unpaired) electrons. The van der Waals surface area contributed by atoms with Crippen LogP contribution in [0, 0.1) is 34.9 Å². The van der Waals surface area contributed by atoms with Gasteiger partial charge in [0.05, 0.1) is 0 Å². The highest BCUT2D eigenvalue weighted by Gasteiger charge is 2.48. The van der Waals surface area contributed by atoms with Gasteiger partial charge in [-0.2, -0.15) is 0 Å². The smallest absolute Gasteiger partial charge is 0.301 e. The molecule has 0 spiro atoms. The molecule has 0 N–H and O–H groups in total. The van der Waals surface area contributed by atoms with E-state index in [-0.39, 0.29) is 0 Å². The summed E-state index contributed by atoms with van der Waals surface area (Å²) in [7, 11) is -11.8. The molecule has 6 aromatic rings. The molecular formula is C36H25F6O3PSi2. The molecule has 0 atom stereocenters. The maximum Gasteiger partial charge on any atom is 0.301 e. The van der Waals surface area contributed by atoms with Crippen LogP contribution in [-0.2, 0) is 13.0 Å². The van der Waals surface area contributed by atoms with Gasteiger partial charge in [0.2, 0.25) is 0 Å². The van der Waals surface area contributed by atoms with E-state index in [0.717, 1.165) is 0 Å². The second kappa shape index (κ2) is 13.9. The van der Waals surface area contributed by atoms with Crippen LogP contribution in [0.25, 0.3) is 0 Å². The molecule has 48 heavy (non-hydrogen) atoms. The lowest BCUT2D eigenvalue weighted by molar-refractivity contribution is 0.424. The molecule has 0 heterocycles. The summed E-state index contributed by atoms with van der Waals surface area (Å²) in [6.07, 6.45) is 0. The first-order valence-electron chi connectivity index (χ1n) is 14.6. The highest BCUT2D eigenvalue weighted by Crippen LogP contribution is 2.34. The Balaban J connectivity index is 1.59. The van der Waals surface area contributed by atoms with Gasteiger partial charge < -0.3 is 8.43 Å². The monoisotopic (exact) mass is 706 g/mol. The van der Waals surface area contributed by atoms with E-state index in [0.29, 0.717) is 31.1 Å². The Kier molecular flexibility index (Phi) is 9.68. The van der Waals surface area contributed by atoms with E-state index in [1.165, 1.54) is 146 Å². The van der Waals surface area contributed by atoms with E-state index >= 15 is 0 Å². The Labute approximate surface area is 275 Å². The standard InChI is InChI=1S/C36H25F6O3PSi2/c37-25-1-13-31(14-2-25)47(32-15-3-26(38)4-16-32,33-17-5-27(39)6-18-33)44-46(43)45-48(34-19-7-28(40)8-20-34,35-21-9-29(41)10-22-35)36-23-11-30(42)12-24-36/h1-24,46H. The molecular weight excluding hydrogens is 682 g/mol. The topological polar surface area (TPSA) is 35.5 Å². The van der Waals surface area contributed by atoms with E-state index in [1.807, 2.05) is 0 Å². The van der Waals surface area contributed by atoms with Crippen LogP contribution in [0.5, 0.6) is 0 Å². The fourth-order valence-electron chi connectivity index (χ4n) is 5.73. The van der Waals surface area contributed by atoms with Gasteiger partial charge in [-0.15, -0.1) is 0 Å². The van der Waals surface area contributed by atoms with Crippen LogP contribution in [0.15, 0.2) is 146 Å². The molecule has 3 nitrogen and oxygen atoms in total. The summed E-state index contributed by atoms with van der Waals surface area (Å²) in [6.45, 7) is 0. The summed E-state index contributed by atoms with van der Waals surface area (Å²) in [5, 5.41) is 2.34. The average molecular weight is 707 g/mol. The highest BCUT2D eigenvalue weighted by atomic mass is 31.1. The molecule has 6 aromatic carbocycles. The van der Waals surface area contributed by atoms with Crippen molar-refractivity contribution in [3.05, 3.63) is 180 Å². The minimum absolute atomic E-state index is 0.390. The van der Waals surface area contributed by atoms with Gasteiger partial charge in [-0.25, -0.2) is 26.3 Å². The third-order valence-electron chi connectivity index (χ3n) is 7.98. The Morgan fingerprint density at radius 1 is 0.312 bits per heavy atom. The molecule has 0 unspecified atom stereocenters. The molecule has 0 aromatic heterocycles. The molecule has 0 saturated carbocycles. The number of halogens is 6. The Bertz CT molecular complexity index is 1660. The van der Waals surface area contributed by atoms with Crippen LogP contribution in [0.1, 0.15) is 0 Å². The first-order chi connectivity index (χ1) is 23.1. The number of rotatable bonds is 10. The van der Waals surface area contributed by atoms with E-state index in [4.69, 9.17) is 8.43 Å². The lowest BCUT2D eigenvalue weighted by atomic mass is 10.3. The molecule has 6 rings (SSSR count). The maximum atomic E-state index is 14.7. The molecule has 0 aliphatic carbocycles. The second-order valence-corrected chi connectivity index (χ2v) is 19.2. The zero-order valence-corrected chi connectivity index (χ0v) is 27.8. The Hall–Kier alpha value is -4.52. The predicted octanol–water partition coefficient (Wildman–Crippen LogP) is 5.58. The Morgan fingerprint density at radius 3 is 0.604 bits per heavy atom. The van der Waals surface area contributed by atoms with Crippen molar-refractivity contribution >= 4 is 56.0 Å². The van der Waals surface area contributed by atoms with Crippen molar-refractivity contribution in [1.29, 1.82) is 0 Å². The van der Waals surface area contributed by atoms with Gasteiger partial charge in [-0.05, 0) is 104 Å². The second-order valence-electron chi connectivity index (χ2n) is 10.9. The molecule has 0 aliphatic heterocycles. The van der Waals surface area contributed by atoms with E-state index in [1.54, 1.807) is 0 Å². The zero-order valence-electron chi connectivity index (χ0n) is 24.8. The van der Waals surface area contributed by atoms with Crippen LogP contribution in [0.3, 0.4) is 0 Å². The van der Waals surface area contributed by atoms with Crippen LogP contribution in [0.4, 0.5) is 26.3 Å². The molecule has 0 saturated heterocycles. The van der Waals surface area contributed by atoms with Crippen molar-refractivity contribution in [2.24, 2.45) is 0 Å². The third kappa shape index (κ3) is 6.60. The minimum Gasteiger partial charge on any atom is -0.339 e. The lowest BCUT2D eigenvalue weighted by Crippen LogP contribution is -2.70. The van der Waals surface area contributed by atoms with Gasteiger partial charge in [-0.3, -0.25) is 4.57 Å². The van der Waals surface area contributed by atoms with Crippen molar-refractivity contribution in [1.82, 2.24) is 0 Å². The van der Waals surface area contributed by atoms with Gasteiger partial charge in [0.15, 0.2) is 0 Å². The van der Waals surface area contributed by atoms with Crippen molar-refractivity contribution in [2.45, 2.75) is 0 Å². The summed E-state index contributed by atoms with van der Waals surface area (Å²) in [5.74, 6) is -3.34. The quantitative estimate of drug-likeness (QED) is 0.0809. The highest BCUT2D eigenvalue weighted by molar-refractivity contribution is 7.41. The molecule has 0 bridgehead atoms. The third-order valence-corrected chi connectivity index (χ3v) is 18.6. The maximum absolute atomic E-state index is 14.7. The SMILES string of the molecule is O=[PH](O[Si](c1ccc(F)cc1)(c1ccc(F)cc1)c1ccc(F)cc1)O[Si](c1ccc(F)cc1)(c1ccc(F)cc1)c1ccc(F)cc1. The lowest BCUT2D eigenvalue weighted by Gasteiger charge is -2.36. The largest absolute Gasteiger partial charge is 0.339 e. The molecule has 0 fully saturated rings. The molecule has 12 heteroatoms. The van der Waals surface area contributed by atoms with E-state index in [9.17, 15) is 30.9 Å². The van der Waals surface area contributed by atoms with Gasteiger partial charge in [0.25, 0.3) is 16.6 Å². The average Bonchev–Trinajstić information content (AvgIpc) is 3.09. The Morgan fingerprint density at radius 2 is 0.458 bits per heavy atom. The fourth-order valence-corrected chi connectivity index (χ4v) is 16.9. The van der Waals surface area contributed by atoms with Gasteiger partial charge in [-0.1, -0.05) is 72.8 Å². The van der Waals surface area contributed by atoms with Crippen molar-refractivity contribution in [3.63, 3.8) is 0 Å². The fraction of sp³-hybridized carbons (Fsp3) is 0. The van der Waals surface area contributed by atoms with Crippen molar-refractivity contribution in [2.75, 3.05) is 0 Å². The normalized spacial score (nSPS) is 12.0. The predicted molar refractivity (Wildman–Crippen MR) is 179 cm³/mol. The van der Waals surface area contributed by atoms with E-state index < -0.39 is 59.8 Å². The summed E-state index contributed by atoms with van der Waals surface area (Å²) >= 11 is 0. The first-order valence-corrected chi connectivity index (χ1v) is 19.6. The number of hydrogen-bond acceptors (Lipinski definition) is 3. The summed E-state index contributed by atoms with van der Waals surface area (Å²) in [5.41, 5.74) is 0. The molecule has 0 amide bonds. The zero-order chi connectivity index (χ0) is 33.9. The number of benzene rings is 6. The van der Waals surface area contributed by atoms with Crippen molar-refractivity contribution < 1.29 is 39.3 Å². The van der Waals surface area contributed by atoms with Crippen LogP contribution < -0.4 is 31.1 Å². The van der Waals surface area contributed by atoms with Gasteiger partial charge >= 0.3 is 8.25 Å². The minimum atomic E-state index is -4.04. The summed E-state index contributed by atoms with van der Waals surface area (Å²) in [6, 6.07) is 31.8. The summed E-state index contributed by atoms with van der Waals surface area (Å²) in [4.78, 5) is 0. The molecule has 242 valence electrons. The van der Waals surface area contributed by atoms with Crippen LogP contribution in [-0.4, -0.2) is 16.6 Å². The van der Waals surface area contributed by atoms with Crippen LogP contribution in [0.2, 0.25) is 0 Å². The van der Waals surface area contributed by atoms with Crippen LogP contribution >= 0.6 is 8.25 Å². The van der Waals surface area contributed by atoms with Gasteiger partial charge in [0, 0.05) is 0 Å². The van der Waals surface area contributed by atoms with Crippen molar-refractivity contribution in [3.8, 4) is 0 Å². The van der Waals surface area contributed by atoms with Gasteiger partial charge in [0.1, 0.15) is 34.9 Å².